The number of nitro groups is 1. The normalized spacial score (nSPS) is 10.3. The average molecular weight is 235 g/mol. The van der Waals surface area contributed by atoms with Crippen molar-refractivity contribution in [1.82, 2.24) is 10.3 Å². The van der Waals surface area contributed by atoms with Gasteiger partial charge in [-0.05, 0) is 20.8 Å². The van der Waals surface area contributed by atoms with Crippen molar-refractivity contribution < 1.29 is 4.92 Å². The van der Waals surface area contributed by atoms with Crippen LogP contribution in [0.2, 0.25) is 0 Å². The van der Waals surface area contributed by atoms with Crippen LogP contribution in [0.1, 0.15) is 23.7 Å². The average Bonchev–Trinajstić information content (AvgIpc) is 2.20. The summed E-state index contributed by atoms with van der Waals surface area (Å²) in [6.45, 7) is 10.3. The van der Waals surface area contributed by atoms with E-state index in [1.54, 1.807) is 20.0 Å². The standard InChI is InChI=1S/C12H17N3O2/c1-8(2)5-13-7-11-10(4)12(15(16)17)9(3)6-14-11/h6,13H,1,5,7H2,2-4H3. The van der Waals surface area contributed by atoms with Crippen LogP contribution < -0.4 is 5.32 Å². The van der Waals surface area contributed by atoms with E-state index in [1.165, 1.54) is 0 Å². The van der Waals surface area contributed by atoms with E-state index in [0.29, 0.717) is 29.9 Å². The lowest BCUT2D eigenvalue weighted by molar-refractivity contribution is -0.386. The van der Waals surface area contributed by atoms with Crippen LogP contribution in [0.15, 0.2) is 18.3 Å². The maximum atomic E-state index is 10.9. The molecule has 0 unspecified atom stereocenters. The van der Waals surface area contributed by atoms with Gasteiger partial charge in [-0.1, -0.05) is 12.2 Å². The van der Waals surface area contributed by atoms with Crippen LogP contribution in [0.3, 0.4) is 0 Å². The van der Waals surface area contributed by atoms with Gasteiger partial charge in [0.05, 0.1) is 10.6 Å². The zero-order chi connectivity index (χ0) is 13.0. The van der Waals surface area contributed by atoms with Gasteiger partial charge in [0.2, 0.25) is 0 Å². The van der Waals surface area contributed by atoms with Crippen LogP contribution in [0.4, 0.5) is 5.69 Å². The predicted molar refractivity (Wildman–Crippen MR) is 66.9 cm³/mol. The van der Waals surface area contributed by atoms with Crippen LogP contribution >= 0.6 is 0 Å². The maximum absolute atomic E-state index is 10.9. The smallest absolute Gasteiger partial charge is 0.278 e. The number of rotatable bonds is 5. The van der Waals surface area contributed by atoms with Crippen LogP contribution in [0.5, 0.6) is 0 Å². The molecule has 0 aliphatic rings. The van der Waals surface area contributed by atoms with Crippen molar-refractivity contribution in [1.29, 1.82) is 0 Å². The maximum Gasteiger partial charge on any atom is 0.278 e. The lowest BCUT2D eigenvalue weighted by atomic mass is 10.1. The van der Waals surface area contributed by atoms with Crippen LogP contribution in [0.25, 0.3) is 0 Å². The first-order valence-electron chi connectivity index (χ1n) is 5.38. The highest BCUT2D eigenvalue weighted by atomic mass is 16.6. The van der Waals surface area contributed by atoms with E-state index in [-0.39, 0.29) is 10.6 Å². The highest BCUT2D eigenvalue weighted by Crippen LogP contribution is 2.23. The van der Waals surface area contributed by atoms with Gasteiger partial charge >= 0.3 is 0 Å². The van der Waals surface area contributed by atoms with Gasteiger partial charge in [0.15, 0.2) is 0 Å². The first kappa shape index (κ1) is 13.3. The Hall–Kier alpha value is -1.75. The summed E-state index contributed by atoms with van der Waals surface area (Å²) in [4.78, 5) is 14.8. The Labute approximate surface area is 101 Å². The summed E-state index contributed by atoms with van der Waals surface area (Å²) < 4.78 is 0. The lowest BCUT2D eigenvalue weighted by Crippen LogP contribution is -2.17. The number of nitrogens with zero attached hydrogens (tertiary/aromatic N) is 2. The summed E-state index contributed by atoms with van der Waals surface area (Å²) in [6.07, 6.45) is 1.54. The third-order valence-corrected chi connectivity index (χ3v) is 2.48. The Bertz CT molecular complexity index is 455. The summed E-state index contributed by atoms with van der Waals surface area (Å²) in [5.41, 5.74) is 3.11. The minimum absolute atomic E-state index is 0.159. The van der Waals surface area contributed by atoms with E-state index in [4.69, 9.17) is 0 Å². The topological polar surface area (TPSA) is 68.1 Å². The lowest BCUT2D eigenvalue weighted by Gasteiger charge is -2.08. The molecule has 0 atom stereocenters. The Morgan fingerprint density at radius 1 is 1.59 bits per heavy atom. The quantitative estimate of drug-likeness (QED) is 0.483. The molecule has 0 saturated carbocycles. The molecule has 0 amide bonds. The van der Waals surface area contributed by atoms with Crippen LogP contribution in [-0.4, -0.2) is 16.5 Å². The van der Waals surface area contributed by atoms with Gasteiger partial charge in [-0.25, -0.2) is 0 Å². The molecule has 17 heavy (non-hydrogen) atoms. The number of aryl methyl sites for hydroxylation is 1. The Morgan fingerprint density at radius 3 is 2.76 bits per heavy atom. The van der Waals surface area contributed by atoms with Crippen molar-refractivity contribution in [3.8, 4) is 0 Å². The van der Waals surface area contributed by atoms with Gasteiger partial charge in [0.25, 0.3) is 5.69 Å². The van der Waals surface area contributed by atoms with E-state index in [1.807, 2.05) is 6.92 Å². The van der Waals surface area contributed by atoms with Crippen molar-refractivity contribution in [2.24, 2.45) is 0 Å². The molecule has 1 aromatic rings. The third-order valence-electron chi connectivity index (χ3n) is 2.48. The van der Waals surface area contributed by atoms with Crippen LogP contribution in [0, 0.1) is 24.0 Å². The van der Waals surface area contributed by atoms with E-state index < -0.39 is 0 Å². The van der Waals surface area contributed by atoms with Gasteiger partial charge < -0.3 is 5.32 Å². The summed E-state index contributed by atoms with van der Waals surface area (Å²) in [5.74, 6) is 0. The summed E-state index contributed by atoms with van der Waals surface area (Å²) in [5, 5.41) is 14.1. The summed E-state index contributed by atoms with van der Waals surface area (Å²) in [7, 11) is 0. The summed E-state index contributed by atoms with van der Waals surface area (Å²) in [6, 6.07) is 0. The molecule has 5 nitrogen and oxygen atoms in total. The minimum atomic E-state index is -0.353. The van der Waals surface area contributed by atoms with E-state index >= 15 is 0 Å². The summed E-state index contributed by atoms with van der Waals surface area (Å²) >= 11 is 0. The molecule has 0 aliphatic carbocycles. The molecule has 1 rings (SSSR count). The zero-order valence-electron chi connectivity index (χ0n) is 10.4. The van der Waals surface area contributed by atoms with Crippen molar-refractivity contribution in [3.63, 3.8) is 0 Å². The molecule has 0 saturated heterocycles. The van der Waals surface area contributed by atoms with Gasteiger partial charge in [-0.15, -0.1) is 0 Å². The molecular weight excluding hydrogens is 218 g/mol. The molecule has 1 heterocycles. The molecule has 0 bridgehead atoms. The second-order valence-electron chi connectivity index (χ2n) is 4.18. The first-order valence-corrected chi connectivity index (χ1v) is 5.38. The van der Waals surface area contributed by atoms with Gasteiger partial charge in [-0.3, -0.25) is 15.1 Å². The molecule has 0 aliphatic heterocycles. The number of pyridine rings is 1. The first-order chi connectivity index (χ1) is 7.93. The molecule has 1 aromatic heterocycles. The zero-order valence-corrected chi connectivity index (χ0v) is 10.4. The highest BCUT2D eigenvalue weighted by Gasteiger charge is 2.18. The Morgan fingerprint density at radius 2 is 2.24 bits per heavy atom. The van der Waals surface area contributed by atoms with E-state index in [2.05, 4.69) is 16.9 Å². The molecule has 0 radical (unpaired) electrons. The predicted octanol–water partition coefficient (Wildman–Crippen LogP) is 2.27. The minimum Gasteiger partial charge on any atom is -0.307 e. The molecule has 0 fully saturated rings. The van der Waals surface area contributed by atoms with E-state index in [9.17, 15) is 10.1 Å². The number of hydrogen-bond donors (Lipinski definition) is 1. The molecule has 0 spiro atoms. The Balaban J connectivity index is 2.91. The number of aromatic nitrogens is 1. The second kappa shape index (κ2) is 5.54. The fourth-order valence-corrected chi connectivity index (χ4v) is 1.62. The van der Waals surface area contributed by atoms with E-state index in [0.717, 1.165) is 5.57 Å². The fraction of sp³-hybridized carbons (Fsp3) is 0.417. The van der Waals surface area contributed by atoms with Crippen molar-refractivity contribution in [2.75, 3.05) is 6.54 Å². The largest absolute Gasteiger partial charge is 0.307 e. The molecular formula is C12H17N3O2. The highest BCUT2D eigenvalue weighted by molar-refractivity contribution is 5.47. The third kappa shape index (κ3) is 3.35. The molecule has 1 N–H and O–H groups in total. The van der Waals surface area contributed by atoms with Crippen molar-refractivity contribution in [2.45, 2.75) is 27.3 Å². The second-order valence-corrected chi connectivity index (χ2v) is 4.18. The van der Waals surface area contributed by atoms with Gasteiger partial charge in [0, 0.05) is 30.4 Å². The monoisotopic (exact) mass is 235 g/mol. The number of nitrogens with one attached hydrogen (secondary N) is 1. The van der Waals surface area contributed by atoms with Crippen molar-refractivity contribution in [3.05, 3.63) is 45.3 Å². The van der Waals surface area contributed by atoms with Crippen molar-refractivity contribution >= 4 is 5.69 Å². The molecule has 0 aromatic carbocycles. The fourth-order valence-electron chi connectivity index (χ4n) is 1.62. The van der Waals surface area contributed by atoms with Crippen LogP contribution in [-0.2, 0) is 6.54 Å². The SMILES string of the molecule is C=C(C)CNCc1ncc(C)c([N+](=O)[O-])c1C. The Kier molecular flexibility index (Phi) is 4.34. The molecule has 92 valence electrons. The molecule has 5 heteroatoms. The van der Waals surface area contributed by atoms with Gasteiger partial charge in [-0.2, -0.15) is 0 Å². The van der Waals surface area contributed by atoms with Gasteiger partial charge in [0.1, 0.15) is 0 Å². The number of hydrogen-bond acceptors (Lipinski definition) is 4.